The van der Waals surface area contributed by atoms with Crippen molar-refractivity contribution in [3.8, 4) is 0 Å². The van der Waals surface area contributed by atoms with Gasteiger partial charge in [-0.2, -0.15) is 0 Å². The summed E-state index contributed by atoms with van der Waals surface area (Å²) in [7, 11) is 0. The second-order valence-electron chi connectivity index (χ2n) is 7.98. The van der Waals surface area contributed by atoms with Crippen LogP contribution in [0.1, 0.15) is 60.6 Å². The molecule has 0 spiro atoms. The highest BCUT2D eigenvalue weighted by Crippen LogP contribution is 2.32. The van der Waals surface area contributed by atoms with E-state index in [1.807, 2.05) is 35.4 Å². The number of anilines is 1. The third kappa shape index (κ3) is 3.79. The Morgan fingerprint density at radius 3 is 2.67 bits per heavy atom. The fourth-order valence-corrected chi connectivity index (χ4v) is 5.36. The quantitative estimate of drug-likeness (QED) is 0.655. The van der Waals surface area contributed by atoms with Gasteiger partial charge in [-0.1, -0.05) is 25.3 Å². The van der Waals surface area contributed by atoms with E-state index in [-0.39, 0.29) is 30.9 Å². The number of aliphatic hydroxyl groups is 1. The van der Waals surface area contributed by atoms with E-state index in [1.165, 1.54) is 24.7 Å². The highest BCUT2D eigenvalue weighted by Gasteiger charge is 2.30. The first-order chi connectivity index (χ1) is 14.5. The number of carbonyl (C=O) groups excluding carboxylic acids is 2. The highest BCUT2D eigenvalue weighted by atomic mass is 32.1. The van der Waals surface area contributed by atoms with E-state index in [0.29, 0.717) is 0 Å². The molecule has 0 atom stereocenters. The fraction of sp³-hybridized carbons (Fsp3) is 0.435. The third-order valence-electron chi connectivity index (χ3n) is 6.06. The molecule has 1 fully saturated rings. The molecule has 0 radical (unpaired) electrons. The average molecular weight is 426 g/mol. The summed E-state index contributed by atoms with van der Waals surface area (Å²) in [5.41, 5.74) is 3.17. The molecule has 7 heteroatoms. The van der Waals surface area contributed by atoms with Crippen molar-refractivity contribution in [1.82, 2.24) is 9.55 Å². The first-order valence-electron chi connectivity index (χ1n) is 10.5. The van der Waals surface area contributed by atoms with E-state index in [2.05, 4.69) is 4.98 Å². The lowest BCUT2D eigenvalue weighted by Gasteiger charge is -2.32. The van der Waals surface area contributed by atoms with Gasteiger partial charge >= 0.3 is 0 Å². The zero-order chi connectivity index (χ0) is 21.3. The Kier molecular flexibility index (Phi) is 6.01. The predicted molar refractivity (Wildman–Crippen MR) is 119 cm³/mol. The van der Waals surface area contributed by atoms with Crippen molar-refractivity contribution < 1.29 is 14.7 Å². The summed E-state index contributed by atoms with van der Waals surface area (Å²) in [5.74, 6) is -0.0750. The zero-order valence-corrected chi connectivity index (χ0v) is 18.2. The minimum absolute atomic E-state index is 0.0111. The van der Waals surface area contributed by atoms with Crippen LogP contribution in [0.4, 0.5) is 5.13 Å². The van der Waals surface area contributed by atoms with Crippen LogP contribution in [0.25, 0.3) is 10.9 Å². The number of hydrogen-bond donors (Lipinski definition) is 1. The molecule has 4 rings (SSSR count). The SMILES string of the molecule is CC(=O)n1c(C)c(CC(=O)N(c2nccs2)C2CCCCC2)c2cc(CO)ccc21. The summed E-state index contributed by atoms with van der Waals surface area (Å²) in [5, 5.41) is 13.1. The average Bonchev–Trinajstić information content (AvgIpc) is 3.36. The Hall–Kier alpha value is -2.51. The van der Waals surface area contributed by atoms with Crippen molar-refractivity contribution >= 4 is 39.2 Å². The zero-order valence-electron chi connectivity index (χ0n) is 17.4. The van der Waals surface area contributed by atoms with Crippen LogP contribution in [0.15, 0.2) is 29.8 Å². The lowest BCUT2D eigenvalue weighted by atomic mass is 9.94. The van der Waals surface area contributed by atoms with Gasteiger partial charge in [-0.05, 0) is 43.0 Å². The highest BCUT2D eigenvalue weighted by molar-refractivity contribution is 7.13. The van der Waals surface area contributed by atoms with Crippen LogP contribution in [-0.2, 0) is 17.8 Å². The van der Waals surface area contributed by atoms with E-state index in [0.717, 1.165) is 58.5 Å². The van der Waals surface area contributed by atoms with E-state index in [1.54, 1.807) is 10.8 Å². The lowest BCUT2D eigenvalue weighted by Crippen LogP contribution is -2.42. The molecule has 1 aromatic carbocycles. The van der Waals surface area contributed by atoms with Crippen molar-refractivity contribution in [3.05, 3.63) is 46.6 Å². The Labute approximate surface area is 180 Å². The molecule has 1 aliphatic rings. The monoisotopic (exact) mass is 425 g/mol. The maximum absolute atomic E-state index is 13.6. The van der Waals surface area contributed by atoms with Gasteiger partial charge in [0, 0.05) is 35.6 Å². The van der Waals surface area contributed by atoms with E-state index in [4.69, 9.17) is 0 Å². The Morgan fingerprint density at radius 1 is 1.27 bits per heavy atom. The molecule has 1 amide bonds. The van der Waals surface area contributed by atoms with Crippen molar-refractivity contribution in [1.29, 1.82) is 0 Å². The Morgan fingerprint density at radius 2 is 2.03 bits per heavy atom. The van der Waals surface area contributed by atoms with Gasteiger partial charge in [-0.3, -0.25) is 19.1 Å². The van der Waals surface area contributed by atoms with Crippen LogP contribution < -0.4 is 4.90 Å². The summed E-state index contributed by atoms with van der Waals surface area (Å²) in [6.07, 6.45) is 7.40. The number of hydrogen-bond acceptors (Lipinski definition) is 5. The van der Waals surface area contributed by atoms with E-state index >= 15 is 0 Å². The first-order valence-corrected chi connectivity index (χ1v) is 11.4. The molecule has 6 nitrogen and oxygen atoms in total. The topological polar surface area (TPSA) is 75.4 Å². The number of nitrogens with zero attached hydrogens (tertiary/aromatic N) is 3. The largest absolute Gasteiger partial charge is 0.392 e. The first kappa shape index (κ1) is 20.8. The molecule has 2 heterocycles. The summed E-state index contributed by atoms with van der Waals surface area (Å²) < 4.78 is 1.66. The van der Waals surface area contributed by atoms with Gasteiger partial charge in [0.05, 0.1) is 18.5 Å². The van der Waals surface area contributed by atoms with Gasteiger partial charge in [0.25, 0.3) is 0 Å². The van der Waals surface area contributed by atoms with E-state index < -0.39 is 0 Å². The van der Waals surface area contributed by atoms with Gasteiger partial charge < -0.3 is 5.11 Å². The van der Waals surface area contributed by atoms with Crippen LogP contribution in [-0.4, -0.2) is 32.5 Å². The normalized spacial score (nSPS) is 14.9. The van der Waals surface area contributed by atoms with Gasteiger partial charge in [0.15, 0.2) is 5.13 Å². The fourth-order valence-electron chi connectivity index (χ4n) is 4.63. The third-order valence-corrected chi connectivity index (χ3v) is 6.83. The van der Waals surface area contributed by atoms with Crippen LogP contribution in [0.5, 0.6) is 0 Å². The molecule has 1 N–H and O–H groups in total. The number of fused-ring (bicyclic) bond motifs is 1. The van der Waals surface area contributed by atoms with Gasteiger partial charge in [0.2, 0.25) is 11.8 Å². The number of aliphatic hydroxyl groups excluding tert-OH is 1. The van der Waals surface area contributed by atoms with Crippen molar-refractivity contribution in [2.45, 2.75) is 65.0 Å². The van der Waals surface area contributed by atoms with Gasteiger partial charge in [-0.25, -0.2) is 4.98 Å². The number of benzene rings is 1. The van der Waals surface area contributed by atoms with Crippen molar-refractivity contribution in [2.75, 3.05) is 4.90 Å². The van der Waals surface area contributed by atoms with Crippen molar-refractivity contribution in [2.24, 2.45) is 0 Å². The van der Waals surface area contributed by atoms with Crippen molar-refractivity contribution in [3.63, 3.8) is 0 Å². The number of carbonyl (C=O) groups is 2. The number of amides is 1. The maximum Gasteiger partial charge on any atom is 0.233 e. The molecule has 0 unspecified atom stereocenters. The molecular formula is C23H27N3O3S. The maximum atomic E-state index is 13.6. The van der Waals surface area contributed by atoms with Gasteiger partial charge in [-0.15, -0.1) is 11.3 Å². The molecule has 2 aromatic heterocycles. The summed E-state index contributed by atoms with van der Waals surface area (Å²) in [4.78, 5) is 32.2. The molecular weight excluding hydrogens is 398 g/mol. The molecule has 0 bridgehead atoms. The second-order valence-corrected chi connectivity index (χ2v) is 8.85. The Bertz CT molecular complexity index is 1070. The van der Waals surface area contributed by atoms with Crippen LogP contribution in [0, 0.1) is 6.92 Å². The Balaban J connectivity index is 1.75. The number of aromatic nitrogens is 2. The van der Waals surface area contributed by atoms with Crippen LogP contribution in [0.2, 0.25) is 0 Å². The van der Waals surface area contributed by atoms with E-state index in [9.17, 15) is 14.7 Å². The lowest BCUT2D eigenvalue weighted by molar-refractivity contribution is -0.118. The molecule has 1 aliphatic carbocycles. The molecule has 0 aliphatic heterocycles. The minimum atomic E-state index is -0.0861. The van der Waals surface area contributed by atoms with Crippen LogP contribution >= 0.6 is 11.3 Å². The summed E-state index contributed by atoms with van der Waals surface area (Å²) >= 11 is 1.49. The summed E-state index contributed by atoms with van der Waals surface area (Å²) in [6, 6.07) is 5.73. The van der Waals surface area contributed by atoms with Gasteiger partial charge in [0.1, 0.15) is 0 Å². The van der Waals surface area contributed by atoms with Crippen LogP contribution in [0.3, 0.4) is 0 Å². The molecule has 30 heavy (non-hydrogen) atoms. The summed E-state index contributed by atoms with van der Waals surface area (Å²) in [6.45, 7) is 3.33. The molecule has 1 saturated carbocycles. The standard InChI is InChI=1S/C23H27N3O3S/c1-15-19(20-12-17(14-27)8-9-21(20)25(15)16(2)28)13-22(29)26(23-24-10-11-30-23)18-6-4-3-5-7-18/h8-12,18,27H,3-7,13-14H2,1-2H3. The predicted octanol–water partition coefficient (Wildman–Crippen LogP) is 4.47. The minimum Gasteiger partial charge on any atom is -0.392 e. The number of thiazole rings is 1. The molecule has 3 aromatic rings. The molecule has 0 saturated heterocycles. The smallest absolute Gasteiger partial charge is 0.233 e. The molecule has 158 valence electrons. The second kappa shape index (κ2) is 8.70. The number of rotatable bonds is 5.